The first-order valence-electron chi connectivity index (χ1n) is 6.91. The van der Waals surface area contributed by atoms with Crippen LogP contribution in [0.4, 0.5) is 11.5 Å². The molecule has 2 unspecified atom stereocenters. The highest BCUT2D eigenvalue weighted by molar-refractivity contribution is 5.48. The largest absolute Gasteiger partial charge is 0.370 e. The Morgan fingerprint density at radius 2 is 2.32 bits per heavy atom. The van der Waals surface area contributed by atoms with Crippen molar-refractivity contribution in [3.8, 4) is 0 Å². The van der Waals surface area contributed by atoms with E-state index in [1.807, 2.05) is 0 Å². The average molecular weight is 263 g/mol. The van der Waals surface area contributed by atoms with Gasteiger partial charge in [0.25, 0.3) is 5.69 Å². The zero-order valence-corrected chi connectivity index (χ0v) is 11.6. The molecule has 104 valence electrons. The van der Waals surface area contributed by atoms with Gasteiger partial charge in [-0.2, -0.15) is 0 Å². The lowest BCUT2D eigenvalue weighted by atomic mass is 9.82. The molecule has 1 aromatic rings. The average Bonchev–Trinajstić information content (AvgIpc) is 2.37. The minimum absolute atomic E-state index is 0.134. The van der Waals surface area contributed by atoms with Crippen LogP contribution in [0, 0.1) is 28.9 Å². The molecule has 1 aliphatic rings. The van der Waals surface area contributed by atoms with E-state index in [4.69, 9.17) is 0 Å². The van der Waals surface area contributed by atoms with Crippen LogP contribution in [-0.4, -0.2) is 16.5 Å². The van der Waals surface area contributed by atoms with Gasteiger partial charge >= 0.3 is 0 Å². The van der Waals surface area contributed by atoms with Gasteiger partial charge in [-0.25, -0.2) is 4.98 Å². The number of aryl methyl sites for hydroxylation is 1. The topological polar surface area (TPSA) is 68.1 Å². The molecule has 0 radical (unpaired) electrons. The fraction of sp³-hybridized carbons (Fsp3) is 0.643. The number of hydrogen-bond acceptors (Lipinski definition) is 4. The van der Waals surface area contributed by atoms with Gasteiger partial charge in [-0.3, -0.25) is 10.1 Å². The predicted molar refractivity (Wildman–Crippen MR) is 75.2 cm³/mol. The van der Waals surface area contributed by atoms with Crippen molar-refractivity contribution in [2.45, 2.75) is 39.5 Å². The van der Waals surface area contributed by atoms with E-state index in [0.29, 0.717) is 17.3 Å². The molecule has 0 aliphatic heterocycles. The van der Waals surface area contributed by atoms with Crippen LogP contribution in [0.25, 0.3) is 0 Å². The van der Waals surface area contributed by atoms with Crippen LogP contribution in [-0.2, 0) is 0 Å². The normalized spacial score (nSPS) is 23.1. The maximum absolute atomic E-state index is 10.9. The summed E-state index contributed by atoms with van der Waals surface area (Å²) in [5.74, 6) is 2.06. The van der Waals surface area contributed by atoms with Crippen molar-refractivity contribution in [2.24, 2.45) is 11.8 Å². The van der Waals surface area contributed by atoms with Gasteiger partial charge in [0.05, 0.1) is 11.0 Å². The van der Waals surface area contributed by atoms with E-state index in [2.05, 4.69) is 17.2 Å². The number of nitrogens with one attached hydrogen (secondary N) is 1. The third kappa shape index (κ3) is 3.66. The van der Waals surface area contributed by atoms with Crippen molar-refractivity contribution < 1.29 is 4.92 Å². The maximum atomic E-state index is 10.9. The first-order chi connectivity index (χ1) is 9.06. The van der Waals surface area contributed by atoms with E-state index in [1.165, 1.54) is 31.7 Å². The fourth-order valence-electron chi connectivity index (χ4n) is 2.80. The molecule has 0 spiro atoms. The summed E-state index contributed by atoms with van der Waals surface area (Å²) in [6, 6.07) is 1.53. The van der Waals surface area contributed by atoms with Crippen molar-refractivity contribution in [1.29, 1.82) is 0 Å². The van der Waals surface area contributed by atoms with Gasteiger partial charge in [0.2, 0.25) is 0 Å². The summed E-state index contributed by atoms with van der Waals surface area (Å²) in [7, 11) is 0. The minimum atomic E-state index is -0.356. The quantitative estimate of drug-likeness (QED) is 0.666. The smallest absolute Gasteiger partial charge is 0.277 e. The number of rotatable bonds is 4. The van der Waals surface area contributed by atoms with Crippen LogP contribution in [0.15, 0.2) is 12.3 Å². The Labute approximate surface area is 113 Å². The summed E-state index contributed by atoms with van der Waals surface area (Å²) in [4.78, 5) is 14.7. The van der Waals surface area contributed by atoms with E-state index in [-0.39, 0.29) is 10.6 Å². The first-order valence-corrected chi connectivity index (χ1v) is 6.91. The first kappa shape index (κ1) is 13.8. The number of anilines is 1. The van der Waals surface area contributed by atoms with Crippen molar-refractivity contribution in [3.63, 3.8) is 0 Å². The molecule has 5 heteroatoms. The fourth-order valence-corrected chi connectivity index (χ4v) is 2.80. The van der Waals surface area contributed by atoms with Crippen molar-refractivity contribution in [1.82, 2.24) is 4.98 Å². The Kier molecular flexibility index (Phi) is 4.35. The molecule has 19 heavy (non-hydrogen) atoms. The van der Waals surface area contributed by atoms with E-state index < -0.39 is 0 Å². The minimum Gasteiger partial charge on any atom is -0.370 e. The lowest BCUT2D eigenvalue weighted by Crippen LogP contribution is -2.21. The molecule has 0 amide bonds. The molecular formula is C14H21N3O2. The molecule has 1 fully saturated rings. The summed E-state index contributed by atoms with van der Waals surface area (Å²) in [5, 5.41) is 14.1. The molecule has 0 bridgehead atoms. The molecule has 1 saturated carbocycles. The Bertz CT molecular complexity index is 462. The van der Waals surface area contributed by atoms with Gasteiger partial charge in [0, 0.05) is 18.3 Å². The molecular weight excluding hydrogens is 242 g/mol. The molecule has 1 aromatic heterocycles. The van der Waals surface area contributed by atoms with Crippen LogP contribution in [0.2, 0.25) is 0 Å². The molecule has 0 aromatic carbocycles. The monoisotopic (exact) mass is 263 g/mol. The summed E-state index contributed by atoms with van der Waals surface area (Å²) >= 11 is 0. The van der Waals surface area contributed by atoms with Gasteiger partial charge in [-0.1, -0.05) is 19.8 Å². The number of aromatic nitrogens is 1. The second-order valence-electron chi connectivity index (χ2n) is 5.63. The van der Waals surface area contributed by atoms with Gasteiger partial charge in [-0.15, -0.1) is 0 Å². The predicted octanol–water partition coefficient (Wildman–Crippen LogP) is 3.54. The van der Waals surface area contributed by atoms with Crippen molar-refractivity contribution in [3.05, 3.63) is 27.9 Å². The zero-order chi connectivity index (χ0) is 13.8. The molecule has 1 aliphatic carbocycles. The third-order valence-electron chi connectivity index (χ3n) is 3.89. The summed E-state index contributed by atoms with van der Waals surface area (Å²) in [5.41, 5.74) is 0.733. The zero-order valence-electron chi connectivity index (χ0n) is 11.6. The molecule has 5 nitrogen and oxygen atoms in total. The lowest BCUT2D eigenvalue weighted by Gasteiger charge is -2.26. The number of pyridine rings is 1. The highest BCUT2D eigenvalue weighted by Crippen LogP contribution is 2.29. The van der Waals surface area contributed by atoms with E-state index in [9.17, 15) is 10.1 Å². The summed E-state index contributed by atoms with van der Waals surface area (Å²) in [6.07, 6.45) is 6.65. The Morgan fingerprint density at radius 1 is 1.53 bits per heavy atom. The SMILES string of the molecule is Cc1cnc(NCC2CCCC(C)C2)cc1[N+](=O)[O-]. The Hall–Kier alpha value is -1.65. The summed E-state index contributed by atoms with van der Waals surface area (Å²) < 4.78 is 0. The van der Waals surface area contributed by atoms with Crippen LogP contribution >= 0.6 is 0 Å². The summed E-state index contributed by atoms with van der Waals surface area (Å²) in [6.45, 7) is 4.86. The van der Waals surface area contributed by atoms with E-state index >= 15 is 0 Å². The van der Waals surface area contributed by atoms with Crippen molar-refractivity contribution in [2.75, 3.05) is 11.9 Å². The second kappa shape index (κ2) is 5.99. The van der Waals surface area contributed by atoms with Gasteiger partial charge in [0.1, 0.15) is 5.82 Å². The molecule has 1 heterocycles. The van der Waals surface area contributed by atoms with Crippen molar-refractivity contribution >= 4 is 11.5 Å². The maximum Gasteiger partial charge on any atom is 0.277 e. The van der Waals surface area contributed by atoms with Crippen LogP contribution in [0.1, 0.15) is 38.2 Å². The second-order valence-corrected chi connectivity index (χ2v) is 5.63. The van der Waals surface area contributed by atoms with Gasteiger partial charge in [-0.05, 0) is 31.6 Å². The van der Waals surface area contributed by atoms with Crippen LogP contribution in [0.5, 0.6) is 0 Å². The lowest BCUT2D eigenvalue weighted by molar-refractivity contribution is -0.385. The number of nitro groups is 1. The molecule has 2 atom stereocenters. The molecule has 1 N–H and O–H groups in total. The number of nitrogens with zero attached hydrogens (tertiary/aromatic N) is 2. The number of hydrogen-bond donors (Lipinski definition) is 1. The van der Waals surface area contributed by atoms with Crippen LogP contribution in [0.3, 0.4) is 0 Å². The highest BCUT2D eigenvalue weighted by atomic mass is 16.6. The third-order valence-corrected chi connectivity index (χ3v) is 3.89. The molecule has 2 rings (SSSR count). The van der Waals surface area contributed by atoms with Crippen LogP contribution < -0.4 is 5.32 Å². The van der Waals surface area contributed by atoms with Gasteiger partial charge < -0.3 is 5.32 Å². The Morgan fingerprint density at radius 3 is 3.00 bits per heavy atom. The van der Waals surface area contributed by atoms with Gasteiger partial charge in [0.15, 0.2) is 0 Å². The van der Waals surface area contributed by atoms with E-state index in [1.54, 1.807) is 13.1 Å². The highest BCUT2D eigenvalue weighted by Gasteiger charge is 2.19. The van der Waals surface area contributed by atoms with E-state index in [0.717, 1.165) is 12.5 Å². The standard InChI is InChI=1S/C14H21N3O2/c1-10-4-3-5-12(6-10)9-16-14-7-13(17(18)19)11(2)8-15-14/h7-8,10,12H,3-6,9H2,1-2H3,(H,15,16). The molecule has 0 saturated heterocycles. The Balaban J connectivity index is 1.96.